The molecule has 2 fully saturated rings. The Labute approximate surface area is 73.4 Å². The predicted octanol–water partition coefficient (Wildman–Crippen LogP) is -0.251. The Balaban J connectivity index is 2.43. The second-order valence-electron chi connectivity index (χ2n) is 3.92. The van der Waals surface area contributed by atoms with Gasteiger partial charge in [0.25, 0.3) is 0 Å². The highest BCUT2D eigenvalue weighted by atomic mass is 19.1. The zero-order valence-electron chi connectivity index (χ0n) is 6.95. The molecule has 2 rings (SSSR count). The lowest BCUT2D eigenvalue weighted by molar-refractivity contribution is -0.150. The predicted molar refractivity (Wildman–Crippen MR) is 38.7 cm³/mol. The number of aliphatic hydroxyl groups excluding tert-OH is 1. The highest BCUT2D eigenvalue weighted by Crippen LogP contribution is 2.71. The van der Waals surface area contributed by atoms with Crippen molar-refractivity contribution in [3.8, 4) is 0 Å². The zero-order chi connectivity index (χ0) is 10.0. The standard InChI is InChI=1S/C8H9FO4/c1-7-4(11)2-3(10)5(7)8(7,9)6(12)13/h4-5,11H,2H2,1H3,(H,12,13)/t4-,5-,7+,8-/m1/s1. The lowest BCUT2D eigenvalue weighted by Crippen LogP contribution is -2.34. The van der Waals surface area contributed by atoms with Crippen molar-refractivity contribution in [2.45, 2.75) is 25.1 Å². The van der Waals surface area contributed by atoms with Gasteiger partial charge >= 0.3 is 5.97 Å². The lowest BCUT2D eigenvalue weighted by atomic mass is 9.97. The summed E-state index contributed by atoms with van der Waals surface area (Å²) in [4.78, 5) is 21.6. The molecule has 0 aromatic rings. The van der Waals surface area contributed by atoms with Crippen LogP contribution in [0.2, 0.25) is 0 Å². The van der Waals surface area contributed by atoms with Gasteiger partial charge in [0, 0.05) is 6.42 Å². The first-order chi connectivity index (χ1) is 5.86. The summed E-state index contributed by atoms with van der Waals surface area (Å²) in [6, 6.07) is 0. The molecule has 0 aliphatic heterocycles. The number of rotatable bonds is 1. The SMILES string of the molecule is C[C@]12[C@H](O)CC(=O)[C@H]1[C@@]2(F)C(=O)O. The van der Waals surface area contributed by atoms with Crippen molar-refractivity contribution in [2.24, 2.45) is 11.3 Å². The van der Waals surface area contributed by atoms with E-state index in [0.29, 0.717) is 0 Å². The van der Waals surface area contributed by atoms with Crippen LogP contribution in [0.25, 0.3) is 0 Å². The first-order valence-corrected chi connectivity index (χ1v) is 4.00. The molecule has 0 spiro atoms. The van der Waals surface area contributed by atoms with Crippen LogP contribution in [0.1, 0.15) is 13.3 Å². The average molecular weight is 188 g/mol. The van der Waals surface area contributed by atoms with Crippen molar-refractivity contribution in [3.63, 3.8) is 0 Å². The number of carbonyl (C=O) groups is 2. The van der Waals surface area contributed by atoms with Gasteiger partial charge in [-0.1, -0.05) is 6.92 Å². The zero-order valence-corrected chi connectivity index (χ0v) is 6.95. The number of alkyl halides is 1. The van der Waals surface area contributed by atoms with Gasteiger partial charge in [-0.15, -0.1) is 0 Å². The normalized spacial score (nSPS) is 53.3. The van der Waals surface area contributed by atoms with Gasteiger partial charge in [0.1, 0.15) is 5.78 Å². The van der Waals surface area contributed by atoms with Crippen LogP contribution in [0.5, 0.6) is 0 Å². The summed E-state index contributed by atoms with van der Waals surface area (Å²) in [6.45, 7) is 1.31. The van der Waals surface area contributed by atoms with E-state index in [0.717, 1.165) is 0 Å². The van der Waals surface area contributed by atoms with Crippen LogP contribution >= 0.6 is 0 Å². The number of aliphatic hydroxyl groups is 1. The number of fused-ring (bicyclic) bond motifs is 1. The van der Waals surface area contributed by atoms with Crippen molar-refractivity contribution in [1.82, 2.24) is 0 Å². The fourth-order valence-corrected chi connectivity index (χ4v) is 2.46. The van der Waals surface area contributed by atoms with Crippen LogP contribution in [0.4, 0.5) is 4.39 Å². The van der Waals surface area contributed by atoms with Gasteiger partial charge in [-0.2, -0.15) is 0 Å². The highest BCUT2D eigenvalue weighted by molar-refractivity contribution is 6.01. The van der Waals surface area contributed by atoms with Crippen LogP contribution < -0.4 is 0 Å². The topological polar surface area (TPSA) is 74.6 Å². The summed E-state index contributed by atoms with van der Waals surface area (Å²) in [5, 5.41) is 17.9. The molecule has 2 aliphatic carbocycles. The third-order valence-electron chi connectivity index (χ3n) is 3.42. The smallest absolute Gasteiger partial charge is 0.342 e. The molecule has 0 amide bonds. The molecule has 0 bridgehead atoms. The van der Waals surface area contributed by atoms with Gasteiger partial charge in [-0.25, -0.2) is 9.18 Å². The number of hydrogen-bond donors (Lipinski definition) is 2. The van der Waals surface area contributed by atoms with E-state index >= 15 is 0 Å². The van der Waals surface area contributed by atoms with Gasteiger partial charge in [-0.3, -0.25) is 4.79 Å². The van der Waals surface area contributed by atoms with Gasteiger partial charge in [0.05, 0.1) is 17.4 Å². The van der Waals surface area contributed by atoms with Crippen LogP contribution in [0.15, 0.2) is 0 Å². The number of carboxylic acids is 1. The Bertz CT molecular complexity index is 315. The first-order valence-electron chi connectivity index (χ1n) is 4.00. The van der Waals surface area contributed by atoms with E-state index in [4.69, 9.17) is 5.11 Å². The molecule has 0 unspecified atom stereocenters. The molecule has 2 aliphatic rings. The van der Waals surface area contributed by atoms with E-state index in [1.54, 1.807) is 0 Å². The van der Waals surface area contributed by atoms with Crippen LogP contribution in [-0.4, -0.2) is 33.7 Å². The molecule has 0 radical (unpaired) electrons. The third-order valence-corrected chi connectivity index (χ3v) is 3.42. The maximum absolute atomic E-state index is 13.6. The Morgan fingerprint density at radius 1 is 1.69 bits per heavy atom. The second kappa shape index (κ2) is 1.92. The maximum atomic E-state index is 13.6. The van der Waals surface area contributed by atoms with Gasteiger partial charge in [0.15, 0.2) is 0 Å². The Morgan fingerprint density at radius 3 is 2.46 bits per heavy atom. The highest BCUT2D eigenvalue weighted by Gasteiger charge is 2.88. The summed E-state index contributed by atoms with van der Waals surface area (Å²) in [5.41, 5.74) is -3.93. The summed E-state index contributed by atoms with van der Waals surface area (Å²) in [6.07, 6.45) is -1.29. The van der Waals surface area contributed by atoms with Crippen LogP contribution in [-0.2, 0) is 9.59 Å². The molecule has 5 heteroatoms. The number of Topliss-reactive ketones (excluding diaryl/α,β-unsaturated/α-hetero) is 1. The summed E-state index contributed by atoms with van der Waals surface area (Å²) in [7, 11) is 0. The fourth-order valence-electron chi connectivity index (χ4n) is 2.46. The molecular weight excluding hydrogens is 179 g/mol. The van der Waals surface area contributed by atoms with Crippen LogP contribution in [0, 0.1) is 11.3 Å². The molecule has 0 aromatic heterocycles. The minimum absolute atomic E-state index is 0.125. The van der Waals surface area contributed by atoms with Crippen molar-refractivity contribution < 1.29 is 24.2 Å². The van der Waals surface area contributed by atoms with E-state index in [9.17, 15) is 19.1 Å². The molecule has 2 saturated carbocycles. The summed E-state index contributed by atoms with van der Waals surface area (Å²) < 4.78 is 13.6. The number of ketones is 1. The van der Waals surface area contributed by atoms with Crippen LogP contribution in [0.3, 0.4) is 0 Å². The molecule has 0 saturated heterocycles. The third kappa shape index (κ3) is 0.622. The Morgan fingerprint density at radius 2 is 2.23 bits per heavy atom. The number of carbonyl (C=O) groups excluding carboxylic acids is 1. The van der Waals surface area contributed by atoms with E-state index < -0.39 is 34.9 Å². The first kappa shape index (κ1) is 8.62. The Kier molecular flexibility index (Phi) is 1.27. The number of carboxylic acid groups (broad SMARTS) is 1. The molecular formula is C8H9FO4. The number of hydrogen-bond acceptors (Lipinski definition) is 3. The molecule has 4 nitrogen and oxygen atoms in total. The Hall–Kier alpha value is -0.970. The van der Waals surface area contributed by atoms with Crippen molar-refractivity contribution >= 4 is 11.8 Å². The van der Waals surface area contributed by atoms with Crippen molar-refractivity contribution in [3.05, 3.63) is 0 Å². The molecule has 0 heterocycles. The number of halogens is 1. The van der Waals surface area contributed by atoms with Gasteiger partial charge in [-0.05, 0) is 0 Å². The second-order valence-corrected chi connectivity index (χ2v) is 3.92. The van der Waals surface area contributed by atoms with Gasteiger partial charge in [0.2, 0.25) is 5.67 Å². The largest absolute Gasteiger partial charge is 0.479 e. The lowest BCUT2D eigenvalue weighted by Gasteiger charge is -2.16. The van der Waals surface area contributed by atoms with E-state index in [-0.39, 0.29) is 6.42 Å². The minimum Gasteiger partial charge on any atom is -0.479 e. The monoisotopic (exact) mass is 188 g/mol. The van der Waals surface area contributed by atoms with Gasteiger partial charge < -0.3 is 10.2 Å². The summed E-state index contributed by atoms with van der Waals surface area (Å²) in [5.74, 6) is -3.28. The molecule has 4 atom stereocenters. The van der Waals surface area contributed by atoms with E-state index in [1.165, 1.54) is 6.92 Å². The number of aliphatic carboxylic acids is 1. The van der Waals surface area contributed by atoms with E-state index in [2.05, 4.69) is 0 Å². The molecule has 72 valence electrons. The van der Waals surface area contributed by atoms with E-state index in [1.807, 2.05) is 0 Å². The average Bonchev–Trinajstić information content (AvgIpc) is 2.41. The molecule has 0 aromatic carbocycles. The maximum Gasteiger partial charge on any atom is 0.342 e. The molecule has 2 N–H and O–H groups in total. The fraction of sp³-hybridized carbons (Fsp3) is 0.750. The minimum atomic E-state index is -2.54. The molecule has 13 heavy (non-hydrogen) atoms. The summed E-state index contributed by atoms with van der Waals surface area (Å²) >= 11 is 0. The van der Waals surface area contributed by atoms with Crippen molar-refractivity contribution in [2.75, 3.05) is 0 Å². The quantitative estimate of drug-likeness (QED) is 0.595. The van der Waals surface area contributed by atoms with Crippen molar-refractivity contribution in [1.29, 1.82) is 0 Å².